The number of esters is 1. The predicted octanol–water partition coefficient (Wildman–Crippen LogP) is 2.45. The summed E-state index contributed by atoms with van der Waals surface area (Å²) in [4.78, 5) is 25.9. The van der Waals surface area contributed by atoms with Crippen molar-refractivity contribution in [1.82, 2.24) is 20.3 Å². The lowest BCUT2D eigenvalue weighted by atomic mass is 10.3. The number of carbonyl (C=O) groups is 2. The summed E-state index contributed by atoms with van der Waals surface area (Å²) in [5, 5.41) is 10.6. The minimum Gasteiger partial charge on any atom is -0.422 e. The topological polar surface area (TPSA) is 108 Å². The summed E-state index contributed by atoms with van der Waals surface area (Å²) in [5.41, 5.74) is 0.732. The Labute approximate surface area is 176 Å². The zero-order chi connectivity index (χ0) is 22.1. The average molecular weight is 419 g/mol. The van der Waals surface area contributed by atoms with Crippen molar-refractivity contribution in [2.24, 2.45) is 0 Å². The van der Waals surface area contributed by atoms with Crippen molar-refractivity contribution < 1.29 is 23.8 Å². The van der Waals surface area contributed by atoms with Gasteiger partial charge in [0.2, 0.25) is 0 Å². The molecule has 0 saturated heterocycles. The van der Waals surface area contributed by atoms with Gasteiger partial charge in [0.1, 0.15) is 5.75 Å². The summed E-state index contributed by atoms with van der Waals surface area (Å²) in [6, 6.07) is 6.41. The third-order valence-corrected chi connectivity index (χ3v) is 3.94. The molecule has 0 bridgehead atoms. The van der Waals surface area contributed by atoms with E-state index in [2.05, 4.69) is 15.6 Å². The van der Waals surface area contributed by atoms with E-state index in [4.69, 9.17) is 14.2 Å². The first kappa shape index (κ1) is 23.3. The molecule has 0 radical (unpaired) electrons. The van der Waals surface area contributed by atoms with Gasteiger partial charge in [-0.15, -0.1) is 5.10 Å². The standard InChI is InChI=1S/C20H29N5O5/c1-6-28-18(29-7-2)13-25-12-17(22-23-25)19(26)30-16-10-8-15(9-11-16)24(5)20(27)21-14(3)4/h8-12,14,18H,6-7,13H2,1-5H3,(H,21,27). The Morgan fingerprint density at radius 1 is 1.13 bits per heavy atom. The zero-order valence-electron chi connectivity index (χ0n) is 18.0. The summed E-state index contributed by atoms with van der Waals surface area (Å²) in [7, 11) is 1.66. The summed E-state index contributed by atoms with van der Waals surface area (Å²) >= 11 is 0. The molecular formula is C20H29N5O5. The van der Waals surface area contributed by atoms with Gasteiger partial charge in [-0.2, -0.15) is 0 Å². The van der Waals surface area contributed by atoms with Gasteiger partial charge in [0.05, 0.1) is 12.7 Å². The third kappa shape index (κ3) is 6.82. The van der Waals surface area contributed by atoms with Crippen molar-refractivity contribution in [3.05, 3.63) is 36.2 Å². The van der Waals surface area contributed by atoms with Gasteiger partial charge < -0.3 is 19.5 Å². The largest absolute Gasteiger partial charge is 0.422 e. The molecule has 1 N–H and O–H groups in total. The fourth-order valence-electron chi connectivity index (χ4n) is 2.52. The molecule has 1 aromatic carbocycles. The van der Waals surface area contributed by atoms with Crippen LogP contribution >= 0.6 is 0 Å². The van der Waals surface area contributed by atoms with Crippen LogP contribution < -0.4 is 15.0 Å². The van der Waals surface area contributed by atoms with Gasteiger partial charge >= 0.3 is 12.0 Å². The fourth-order valence-corrected chi connectivity index (χ4v) is 2.52. The van der Waals surface area contributed by atoms with E-state index in [9.17, 15) is 9.59 Å². The number of benzene rings is 1. The molecule has 0 fully saturated rings. The monoisotopic (exact) mass is 419 g/mol. The molecule has 0 aliphatic carbocycles. The number of rotatable bonds is 10. The lowest BCUT2D eigenvalue weighted by molar-refractivity contribution is -0.145. The first-order valence-corrected chi connectivity index (χ1v) is 9.83. The van der Waals surface area contributed by atoms with Gasteiger partial charge in [-0.1, -0.05) is 5.21 Å². The number of carbonyl (C=O) groups excluding carboxylic acids is 2. The van der Waals surface area contributed by atoms with Crippen molar-refractivity contribution in [2.75, 3.05) is 25.2 Å². The average Bonchev–Trinajstić information content (AvgIpc) is 3.16. The second kappa shape index (κ2) is 11.3. The second-order valence-corrected chi connectivity index (χ2v) is 6.71. The lowest BCUT2D eigenvalue weighted by Gasteiger charge is -2.19. The summed E-state index contributed by atoms with van der Waals surface area (Å²) in [5.74, 6) is -0.304. The molecule has 2 rings (SSSR count). The molecule has 1 aromatic heterocycles. The SMILES string of the molecule is CCOC(Cn1cc(C(=O)Oc2ccc(N(C)C(=O)NC(C)C)cc2)nn1)OCC. The van der Waals surface area contributed by atoms with Gasteiger partial charge in [-0.3, -0.25) is 4.90 Å². The quantitative estimate of drug-likeness (QED) is 0.358. The second-order valence-electron chi connectivity index (χ2n) is 6.71. The third-order valence-electron chi connectivity index (χ3n) is 3.94. The molecule has 0 spiro atoms. The van der Waals surface area contributed by atoms with Gasteiger partial charge in [-0.05, 0) is 52.0 Å². The molecule has 1 heterocycles. The van der Waals surface area contributed by atoms with E-state index >= 15 is 0 Å². The van der Waals surface area contributed by atoms with Crippen LogP contribution in [0.25, 0.3) is 0 Å². The van der Waals surface area contributed by atoms with Crippen LogP contribution in [0.2, 0.25) is 0 Å². The maximum Gasteiger partial charge on any atom is 0.365 e. The Morgan fingerprint density at radius 2 is 1.77 bits per heavy atom. The van der Waals surface area contributed by atoms with Crippen molar-refractivity contribution in [1.29, 1.82) is 0 Å². The zero-order valence-corrected chi connectivity index (χ0v) is 18.0. The molecule has 0 unspecified atom stereocenters. The highest BCUT2D eigenvalue weighted by molar-refractivity contribution is 5.92. The summed E-state index contributed by atoms with van der Waals surface area (Å²) in [6.45, 7) is 8.82. The highest BCUT2D eigenvalue weighted by atomic mass is 16.7. The van der Waals surface area contributed by atoms with Crippen LogP contribution in [0.15, 0.2) is 30.5 Å². The number of aromatic nitrogens is 3. The molecule has 0 saturated carbocycles. The van der Waals surface area contributed by atoms with E-state index in [1.165, 1.54) is 15.8 Å². The Hall–Kier alpha value is -2.98. The highest BCUT2D eigenvalue weighted by Gasteiger charge is 2.17. The van der Waals surface area contributed by atoms with Crippen LogP contribution in [0.4, 0.5) is 10.5 Å². The van der Waals surface area contributed by atoms with Gasteiger partial charge in [0, 0.05) is 32.0 Å². The number of amides is 2. The molecule has 10 heteroatoms. The molecule has 30 heavy (non-hydrogen) atoms. The Morgan fingerprint density at radius 3 is 2.33 bits per heavy atom. The first-order valence-electron chi connectivity index (χ1n) is 9.83. The number of ether oxygens (including phenoxy) is 3. The van der Waals surface area contributed by atoms with E-state index in [1.54, 1.807) is 31.3 Å². The molecule has 0 atom stereocenters. The Bertz CT molecular complexity index is 815. The van der Waals surface area contributed by atoms with E-state index < -0.39 is 12.3 Å². The van der Waals surface area contributed by atoms with Crippen LogP contribution in [0.3, 0.4) is 0 Å². The number of hydrogen-bond acceptors (Lipinski definition) is 7. The van der Waals surface area contributed by atoms with Crippen molar-refractivity contribution in [2.45, 2.75) is 46.6 Å². The molecule has 0 aliphatic rings. The van der Waals surface area contributed by atoms with E-state index in [0.29, 0.717) is 31.2 Å². The maximum atomic E-state index is 12.3. The minimum absolute atomic E-state index is 0.0333. The Balaban J connectivity index is 1.96. The number of nitrogens with zero attached hydrogens (tertiary/aromatic N) is 4. The normalized spacial score (nSPS) is 11.0. The van der Waals surface area contributed by atoms with E-state index in [1.807, 2.05) is 27.7 Å². The predicted molar refractivity (Wildman–Crippen MR) is 111 cm³/mol. The van der Waals surface area contributed by atoms with Crippen molar-refractivity contribution in [3.63, 3.8) is 0 Å². The van der Waals surface area contributed by atoms with E-state index in [-0.39, 0.29) is 17.8 Å². The van der Waals surface area contributed by atoms with E-state index in [0.717, 1.165) is 0 Å². The van der Waals surface area contributed by atoms with Crippen LogP contribution in [0.1, 0.15) is 38.2 Å². The number of anilines is 1. The Kier molecular flexibility index (Phi) is 8.75. The van der Waals surface area contributed by atoms with Crippen LogP contribution in [-0.4, -0.2) is 59.6 Å². The minimum atomic E-state index is -0.635. The molecular weight excluding hydrogens is 390 g/mol. The van der Waals surface area contributed by atoms with Crippen LogP contribution in [0.5, 0.6) is 5.75 Å². The molecule has 2 aromatic rings. The summed E-state index contributed by atoms with van der Waals surface area (Å²) in [6.07, 6.45) is 1.01. The molecule has 0 aliphatic heterocycles. The first-order chi connectivity index (χ1) is 14.3. The smallest absolute Gasteiger partial charge is 0.365 e. The molecule has 10 nitrogen and oxygen atoms in total. The van der Waals surface area contributed by atoms with Crippen LogP contribution in [0, 0.1) is 0 Å². The van der Waals surface area contributed by atoms with Crippen molar-refractivity contribution >= 4 is 17.7 Å². The number of hydrogen-bond donors (Lipinski definition) is 1. The molecule has 2 amide bonds. The lowest BCUT2D eigenvalue weighted by Crippen LogP contribution is -2.40. The van der Waals surface area contributed by atoms with Gasteiger partial charge in [0.25, 0.3) is 0 Å². The van der Waals surface area contributed by atoms with Crippen molar-refractivity contribution in [3.8, 4) is 5.75 Å². The van der Waals surface area contributed by atoms with Gasteiger partial charge in [-0.25, -0.2) is 14.3 Å². The number of nitrogens with one attached hydrogen (secondary N) is 1. The van der Waals surface area contributed by atoms with Crippen LogP contribution in [-0.2, 0) is 16.0 Å². The highest BCUT2D eigenvalue weighted by Crippen LogP contribution is 2.19. The molecule has 164 valence electrons. The maximum absolute atomic E-state index is 12.3. The fraction of sp³-hybridized carbons (Fsp3) is 0.500. The summed E-state index contributed by atoms with van der Waals surface area (Å²) < 4.78 is 17.7. The number of urea groups is 1. The van der Waals surface area contributed by atoms with Gasteiger partial charge in [0.15, 0.2) is 12.0 Å².